The van der Waals surface area contributed by atoms with E-state index in [4.69, 9.17) is 34.2 Å². The molecule has 0 radical (unpaired) electrons. The first-order chi connectivity index (χ1) is 10.1. The fourth-order valence-electron chi connectivity index (χ4n) is 1.95. The van der Waals surface area contributed by atoms with Crippen LogP contribution in [0.15, 0.2) is 17.2 Å². The van der Waals surface area contributed by atoms with Crippen LogP contribution < -0.4 is 10.7 Å². The summed E-state index contributed by atoms with van der Waals surface area (Å²) in [5.74, 6) is 0. The molecule has 1 aromatic carbocycles. The summed E-state index contributed by atoms with van der Waals surface area (Å²) in [5, 5.41) is 13.2. The van der Waals surface area contributed by atoms with Gasteiger partial charge < -0.3 is 5.73 Å². The van der Waals surface area contributed by atoms with Gasteiger partial charge in [-0.3, -0.25) is 5.01 Å². The van der Waals surface area contributed by atoms with Gasteiger partial charge in [0.15, 0.2) is 5.54 Å². The minimum atomic E-state index is -4.62. The minimum Gasteiger partial charge on any atom is -0.307 e. The Morgan fingerprint density at radius 3 is 2.27 bits per heavy atom. The lowest BCUT2D eigenvalue weighted by Crippen LogP contribution is -2.49. The van der Waals surface area contributed by atoms with E-state index >= 15 is 0 Å². The van der Waals surface area contributed by atoms with Gasteiger partial charge in [-0.25, -0.2) is 4.39 Å². The normalized spacial score (nSPS) is 21.7. The molecule has 1 unspecified atom stereocenters. The number of anilines is 1. The van der Waals surface area contributed by atoms with Crippen LogP contribution in [0.25, 0.3) is 0 Å². The number of hydrogen-bond acceptors (Lipinski definition) is 4. The molecule has 10 heteroatoms. The molecule has 0 saturated heterocycles. The number of nitrogens with two attached hydrogens (primary N) is 1. The number of nitrogens with zero attached hydrogens (tertiary/aromatic N) is 3. The molecule has 0 bridgehead atoms. The van der Waals surface area contributed by atoms with Crippen LogP contribution in [0.3, 0.4) is 0 Å². The van der Waals surface area contributed by atoms with Crippen LogP contribution >= 0.6 is 23.2 Å². The molecule has 0 fully saturated rings. The van der Waals surface area contributed by atoms with Gasteiger partial charge in [0.2, 0.25) is 0 Å². The number of benzene rings is 1. The topological polar surface area (TPSA) is 65.4 Å². The monoisotopic (exact) mass is 354 g/mol. The minimum absolute atomic E-state index is 0.0649. The van der Waals surface area contributed by atoms with E-state index in [-0.39, 0.29) is 28.0 Å². The lowest BCUT2D eigenvalue weighted by molar-refractivity contribution is -0.137. The number of rotatable bonds is 2. The number of alkyl halides is 4. The van der Waals surface area contributed by atoms with Crippen molar-refractivity contribution in [3.8, 4) is 6.07 Å². The van der Waals surface area contributed by atoms with E-state index in [2.05, 4.69) is 5.10 Å². The molecular weight excluding hydrogens is 347 g/mol. The van der Waals surface area contributed by atoms with Crippen molar-refractivity contribution in [2.75, 3.05) is 18.2 Å². The third-order valence-corrected chi connectivity index (χ3v) is 3.66. The van der Waals surface area contributed by atoms with Crippen molar-refractivity contribution in [2.45, 2.75) is 11.7 Å². The Kier molecular flexibility index (Phi) is 4.26. The van der Waals surface area contributed by atoms with E-state index in [0.717, 1.165) is 5.01 Å². The summed E-state index contributed by atoms with van der Waals surface area (Å²) in [5.41, 5.74) is 2.67. The van der Waals surface area contributed by atoms with Crippen LogP contribution in [0.5, 0.6) is 0 Å². The maximum Gasteiger partial charge on any atom is 0.416 e. The molecule has 2 rings (SSSR count). The fourth-order valence-corrected chi connectivity index (χ4v) is 2.63. The zero-order valence-electron chi connectivity index (χ0n) is 10.8. The van der Waals surface area contributed by atoms with Crippen LogP contribution in [0, 0.1) is 11.3 Å². The van der Waals surface area contributed by atoms with Crippen LogP contribution in [-0.4, -0.2) is 24.5 Å². The maximum atomic E-state index is 12.9. The standard InChI is InChI=1S/C12H8Cl2F4N4/c13-7-1-6(12(16,17)18)2-8(14)10(7)22-5-11(20,4-19)9(3-15)21-22/h1-2H,3,5,20H2. The van der Waals surface area contributed by atoms with Gasteiger partial charge in [-0.1, -0.05) is 23.2 Å². The first kappa shape index (κ1) is 16.8. The summed E-state index contributed by atoms with van der Waals surface area (Å²) in [6, 6.07) is 3.07. The van der Waals surface area contributed by atoms with Crippen molar-refractivity contribution in [1.29, 1.82) is 5.26 Å². The molecule has 0 amide bonds. The Morgan fingerprint density at radius 1 is 1.36 bits per heavy atom. The van der Waals surface area contributed by atoms with Crippen LogP contribution in [-0.2, 0) is 6.18 Å². The number of hydrogen-bond donors (Lipinski definition) is 1. The van der Waals surface area contributed by atoms with E-state index in [1.807, 2.05) is 0 Å². The van der Waals surface area contributed by atoms with Gasteiger partial charge in [0.25, 0.3) is 0 Å². The molecule has 1 aromatic rings. The molecule has 1 atom stereocenters. The molecule has 1 heterocycles. The average Bonchev–Trinajstić information content (AvgIpc) is 2.74. The van der Waals surface area contributed by atoms with Gasteiger partial charge in [-0.2, -0.15) is 23.5 Å². The average molecular weight is 355 g/mol. The van der Waals surface area contributed by atoms with E-state index in [9.17, 15) is 17.6 Å². The van der Waals surface area contributed by atoms with Crippen molar-refractivity contribution >= 4 is 34.6 Å². The Balaban J connectivity index is 2.48. The van der Waals surface area contributed by atoms with E-state index < -0.39 is 24.0 Å². The molecule has 4 nitrogen and oxygen atoms in total. The molecular formula is C12H8Cl2F4N4. The molecule has 0 spiro atoms. The predicted molar refractivity (Wildman–Crippen MR) is 74.8 cm³/mol. The highest BCUT2D eigenvalue weighted by molar-refractivity contribution is 6.39. The highest BCUT2D eigenvalue weighted by Gasteiger charge is 2.41. The summed E-state index contributed by atoms with van der Waals surface area (Å²) < 4.78 is 50.9. The second kappa shape index (κ2) is 5.57. The van der Waals surface area contributed by atoms with Crippen molar-refractivity contribution in [3.63, 3.8) is 0 Å². The number of nitriles is 1. The molecule has 1 aliphatic heterocycles. The Labute approximate surface area is 132 Å². The quantitative estimate of drug-likeness (QED) is 0.828. The van der Waals surface area contributed by atoms with Crippen molar-refractivity contribution in [3.05, 3.63) is 27.7 Å². The van der Waals surface area contributed by atoms with Gasteiger partial charge in [0.05, 0.1) is 33.9 Å². The van der Waals surface area contributed by atoms with Gasteiger partial charge >= 0.3 is 6.18 Å². The van der Waals surface area contributed by atoms with Gasteiger partial charge in [-0.05, 0) is 12.1 Å². The van der Waals surface area contributed by atoms with Crippen LogP contribution in [0.4, 0.5) is 23.2 Å². The summed E-state index contributed by atoms with van der Waals surface area (Å²) in [6.45, 7) is -1.34. The fraction of sp³-hybridized carbons (Fsp3) is 0.333. The second-order valence-electron chi connectivity index (χ2n) is 4.61. The smallest absolute Gasteiger partial charge is 0.307 e. The zero-order chi connectivity index (χ0) is 16.7. The van der Waals surface area contributed by atoms with E-state index in [1.165, 1.54) is 0 Å². The molecule has 118 valence electrons. The SMILES string of the molecule is N#CC1(N)CN(c2c(Cl)cc(C(F)(F)F)cc2Cl)N=C1CF. The Morgan fingerprint density at radius 2 is 1.91 bits per heavy atom. The third kappa shape index (κ3) is 2.84. The van der Waals surface area contributed by atoms with Crippen LogP contribution in [0.1, 0.15) is 5.56 Å². The first-order valence-corrected chi connectivity index (χ1v) is 6.56. The highest BCUT2D eigenvalue weighted by atomic mass is 35.5. The Hall–Kier alpha value is -1.56. The summed E-state index contributed by atoms with van der Waals surface area (Å²) in [7, 11) is 0. The van der Waals surface area contributed by atoms with Crippen molar-refractivity contribution in [1.82, 2.24) is 0 Å². The van der Waals surface area contributed by atoms with Gasteiger partial charge in [-0.15, -0.1) is 0 Å². The molecule has 22 heavy (non-hydrogen) atoms. The van der Waals surface area contributed by atoms with Crippen molar-refractivity contribution in [2.24, 2.45) is 10.8 Å². The molecule has 2 N–H and O–H groups in total. The molecule has 0 saturated carbocycles. The summed E-state index contributed by atoms with van der Waals surface area (Å²) >= 11 is 11.7. The number of hydrazone groups is 1. The third-order valence-electron chi connectivity index (χ3n) is 3.08. The number of halogens is 6. The van der Waals surface area contributed by atoms with E-state index in [1.54, 1.807) is 6.07 Å². The summed E-state index contributed by atoms with van der Waals surface area (Å²) in [4.78, 5) is 0. The first-order valence-electron chi connectivity index (χ1n) is 5.80. The van der Waals surface area contributed by atoms with Crippen LogP contribution in [0.2, 0.25) is 10.0 Å². The predicted octanol–water partition coefficient (Wildman–Crippen LogP) is 3.38. The highest BCUT2D eigenvalue weighted by Crippen LogP contribution is 2.41. The van der Waals surface area contributed by atoms with Gasteiger partial charge in [0, 0.05) is 0 Å². The van der Waals surface area contributed by atoms with Gasteiger partial charge in [0.1, 0.15) is 12.4 Å². The lowest BCUT2D eigenvalue weighted by atomic mass is 9.98. The summed E-state index contributed by atoms with van der Waals surface area (Å²) in [6.07, 6.45) is -4.62. The molecule has 1 aliphatic rings. The lowest BCUT2D eigenvalue weighted by Gasteiger charge is -2.21. The largest absolute Gasteiger partial charge is 0.416 e. The molecule has 0 aliphatic carbocycles. The van der Waals surface area contributed by atoms with E-state index in [0.29, 0.717) is 12.1 Å². The zero-order valence-corrected chi connectivity index (χ0v) is 12.3. The molecule has 0 aromatic heterocycles. The second-order valence-corrected chi connectivity index (χ2v) is 5.42. The Bertz CT molecular complexity index is 660. The maximum absolute atomic E-state index is 12.9. The van der Waals surface area contributed by atoms with Crippen molar-refractivity contribution < 1.29 is 17.6 Å².